The van der Waals surface area contributed by atoms with E-state index in [0.717, 1.165) is 5.56 Å². The number of amides is 2. The summed E-state index contributed by atoms with van der Waals surface area (Å²) in [6, 6.07) is 6.51. The third-order valence-corrected chi connectivity index (χ3v) is 9.14. The molecule has 46 heavy (non-hydrogen) atoms. The molecule has 0 bridgehead atoms. The Hall–Kier alpha value is -4.77. The van der Waals surface area contributed by atoms with Crippen molar-refractivity contribution in [3.05, 3.63) is 81.6 Å². The van der Waals surface area contributed by atoms with Crippen molar-refractivity contribution in [3.63, 3.8) is 0 Å². The normalized spacial score (nSPS) is 18.1. The molecule has 0 spiro atoms. The van der Waals surface area contributed by atoms with Crippen molar-refractivity contribution >= 4 is 45.8 Å². The first-order chi connectivity index (χ1) is 21.8. The van der Waals surface area contributed by atoms with Crippen LogP contribution < -0.4 is 15.4 Å². The molecule has 2 aliphatic rings. The van der Waals surface area contributed by atoms with E-state index in [1.807, 2.05) is 32.6 Å². The summed E-state index contributed by atoms with van der Waals surface area (Å²) in [5.74, 6) is -1.74. The van der Waals surface area contributed by atoms with Crippen LogP contribution in [0.2, 0.25) is 5.02 Å². The number of hydrogen-bond donors (Lipinski definition) is 1. The molecule has 12 heteroatoms. The van der Waals surface area contributed by atoms with E-state index in [9.17, 15) is 19.5 Å². The molecule has 2 amide bonds. The van der Waals surface area contributed by atoms with Gasteiger partial charge in [-0.2, -0.15) is 0 Å². The van der Waals surface area contributed by atoms with Crippen LogP contribution in [0.4, 0.5) is 15.8 Å². The Morgan fingerprint density at radius 3 is 2.59 bits per heavy atom. The van der Waals surface area contributed by atoms with Crippen molar-refractivity contribution in [3.8, 4) is 22.7 Å². The summed E-state index contributed by atoms with van der Waals surface area (Å²) in [4.78, 5) is 55.9. The molecule has 2 aliphatic heterocycles. The highest BCUT2D eigenvalue weighted by Gasteiger charge is 2.42. The number of rotatable bonds is 4. The molecule has 0 saturated carbocycles. The van der Waals surface area contributed by atoms with E-state index in [1.165, 1.54) is 33.7 Å². The molecular weight excluding hydrogens is 611 g/mol. The van der Waals surface area contributed by atoms with Crippen molar-refractivity contribution in [1.29, 1.82) is 0 Å². The van der Waals surface area contributed by atoms with Crippen LogP contribution in [0.25, 0.3) is 28.0 Å². The van der Waals surface area contributed by atoms with Gasteiger partial charge in [0.2, 0.25) is 11.8 Å². The number of aryl methyl sites for hydroxylation is 1. The smallest absolute Gasteiger partial charge is 0.283 e. The van der Waals surface area contributed by atoms with Crippen molar-refractivity contribution in [2.75, 3.05) is 29.9 Å². The minimum atomic E-state index is -0.736. The number of aromatic nitrogens is 3. The Balaban J connectivity index is 1.79. The lowest BCUT2D eigenvalue weighted by Crippen LogP contribution is -2.59. The van der Waals surface area contributed by atoms with Gasteiger partial charge in [-0.1, -0.05) is 38.1 Å². The number of pyridine rings is 3. The first kappa shape index (κ1) is 31.2. The maximum absolute atomic E-state index is 15.2. The van der Waals surface area contributed by atoms with Crippen molar-refractivity contribution in [1.82, 2.24) is 19.4 Å². The zero-order valence-electron chi connectivity index (χ0n) is 26.2. The Morgan fingerprint density at radius 2 is 1.91 bits per heavy atom. The molecule has 3 aromatic heterocycles. The number of phenols is 1. The van der Waals surface area contributed by atoms with Gasteiger partial charge in [-0.3, -0.25) is 23.9 Å². The molecule has 4 aromatic rings. The predicted molar refractivity (Wildman–Crippen MR) is 177 cm³/mol. The maximum atomic E-state index is 15.2. The number of nitrogens with zero attached hydrogens (tertiary/aromatic N) is 6. The van der Waals surface area contributed by atoms with Crippen LogP contribution in [-0.4, -0.2) is 68.6 Å². The monoisotopic (exact) mass is 644 g/mol. The fraction of sp³-hybridized carbons (Fsp3) is 0.324. The molecule has 1 N–H and O–H groups in total. The van der Waals surface area contributed by atoms with Gasteiger partial charge >= 0.3 is 0 Å². The number of hydrogen-bond acceptors (Lipinski definition) is 7. The van der Waals surface area contributed by atoms with Crippen LogP contribution in [0.15, 0.2) is 54.0 Å². The van der Waals surface area contributed by atoms with Crippen LogP contribution in [0.3, 0.4) is 0 Å². The fourth-order valence-electron chi connectivity index (χ4n) is 6.76. The second kappa shape index (κ2) is 11.5. The topological polar surface area (TPSA) is 112 Å². The molecule has 10 nitrogen and oxygen atoms in total. The molecular formula is C34H34ClFN6O4. The molecule has 6 rings (SSSR count). The highest BCUT2D eigenvalue weighted by Crippen LogP contribution is 2.45. The minimum Gasteiger partial charge on any atom is -0.507 e. The first-order valence-electron chi connectivity index (χ1n) is 15.0. The van der Waals surface area contributed by atoms with Crippen molar-refractivity contribution in [2.24, 2.45) is 0 Å². The second-order valence-corrected chi connectivity index (χ2v) is 12.6. The number of carbonyl (C=O) groups is 2. The SMILES string of the molecule is C=CC(=O)N1C[C@@H]2CC(=O)N(C)c3c(c4cc(Cl)c(-c5c(O)cccc5F)nc4n(-c4c(C)ccnc4C(C)C)c3=O)N2[C@H](C)C1. The fourth-order valence-corrected chi connectivity index (χ4v) is 7.00. The van der Waals surface area contributed by atoms with Gasteiger partial charge in [0.15, 0.2) is 5.65 Å². The molecule has 1 fully saturated rings. The van der Waals surface area contributed by atoms with Gasteiger partial charge in [0.1, 0.15) is 17.3 Å². The van der Waals surface area contributed by atoms with E-state index in [-0.39, 0.29) is 70.1 Å². The highest BCUT2D eigenvalue weighted by molar-refractivity contribution is 6.34. The molecule has 238 valence electrons. The standard InChI is InChI=1S/C34H34ClFN6O4/c1-7-25(44)40-15-19(5)41-20(16-40)13-26(45)39(6)32-31(41)21-14-22(35)29(27-23(36)9-8-10-24(27)43)38-33(21)42(34(32)46)30-18(4)11-12-37-28(30)17(2)3/h7-12,14,17,19-20,43H,1,13,15-16H2,2-6H3/t19-,20+/m1/s1. The number of aromatic hydroxyl groups is 1. The minimum absolute atomic E-state index is 0.0372. The quantitative estimate of drug-likeness (QED) is 0.299. The summed E-state index contributed by atoms with van der Waals surface area (Å²) >= 11 is 6.87. The lowest BCUT2D eigenvalue weighted by atomic mass is 10.0. The lowest BCUT2D eigenvalue weighted by Gasteiger charge is -2.46. The van der Waals surface area contributed by atoms with Crippen LogP contribution in [-0.2, 0) is 9.59 Å². The Bertz CT molecular complexity index is 1990. The molecule has 0 aliphatic carbocycles. The lowest BCUT2D eigenvalue weighted by molar-refractivity contribution is -0.128. The molecule has 0 radical (unpaired) electrons. The van der Waals surface area contributed by atoms with E-state index >= 15 is 4.39 Å². The summed E-state index contributed by atoms with van der Waals surface area (Å²) in [5, 5.41) is 11.2. The maximum Gasteiger partial charge on any atom is 0.283 e. The van der Waals surface area contributed by atoms with E-state index in [0.29, 0.717) is 29.0 Å². The number of phenolic OH excluding ortho intramolecular Hbond substituents is 1. The second-order valence-electron chi connectivity index (χ2n) is 12.2. The molecule has 2 atom stereocenters. The van der Waals surface area contributed by atoms with Crippen LogP contribution in [0.5, 0.6) is 5.75 Å². The number of carbonyl (C=O) groups excluding carboxylic acids is 2. The van der Waals surface area contributed by atoms with Crippen LogP contribution in [0, 0.1) is 12.7 Å². The number of anilines is 2. The number of piperazine rings is 1. The molecule has 0 unspecified atom stereocenters. The molecule has 5 heterocycles. The van der Waals surface area contributed by atoms with E-state index in [4.69, 9.17) is 16.6 Å². The van der Waals surface area contributed by atoms with Crippen molar-refractivity contribution in [2.45, 2.75) is 52.1 Å². The third-order valence-electron chi connectivity index (χ3n) is 8.85. The number of fused-ring (bicyclic) bond motifs is 5. The number of halogens is 2. The van der Waals surface area contributed by atoms with Crippen molar-refractivity contribution < 1.29 is 19.1 Å². The van der Waals surface area contributed by atoms with Gasteiger partial charge in [0.05, 0.1) is 39.4 Å². The average Bonchev–Trinajstić information content (AvgIpc) is 3.11. The van der Waals surface area contributed by atoms with Gasteiger partial charge in [-0.15, -0.1) is 0 Å². The predicted octanol–water partition coefficient (Wildman–Crippen LogP) is 5.34. The van der Waals surface area contributed by atoms with Gasteiger partial charge in [0, 0.05) is 44.2 Å². The summed E-state index contributed by atoms with van der Waals surface area (Å²) in [5.41, 5.74) is 1.81. The Labute approximate surface area is 270 Å². The third kappa shape index (κ3) is 4.81. The van der Waals surface area contributed by atoms with Crippen LogP contribution in [0.1, 0.15) is 44.4 Å². The zero-order valence-corrected chi connectivity index (χ0v) is 27.0. The van der Waals surface area contributed by atoms with Gasteiger partial charge in [0.25, 0.3) is 5.56 Å². The zero-order chi connectivity index (χ0) is 33.2. The first-order valence-corrected chi connectivity index (χ1v) is 15.4. The molecule has 1 aromatic carbocycles. The van der Waals surface area contributed by atoms with Crippen LogP contribution >= 0.6 is 11.6 Å². The van der Waals surface area contributed by atoms with Gasteiger partial charge in [-0.05, 0) is 55.7 Å². The highest BCUT2D eigenvalue weighted by atomic mass is 35.5. The summed E-state index contributed by atoms with van der Waals surface area (Å²) in [7, 11) is 1.56. The van der Waals surface area contributed by atoms with E-state index in [1.54, 1.807) is 30.3 Å². The molecule has 1 saturated heterocycles. The van der Waals surface area contributed by atoms with E-state index < -0.39 is 17.4 Å². The van der Waals surface area contributed by atoms with Gasteiger partial charge < -0.3 is 19.8 Å². The largest absolute Gasteiger partial charge is 0.507 e. The number of benzene rings is 1. The average molecular weight is 645 g/mol. The summed E-state index contributed by atoms with van der Waals surface area (Å²) < 4.78 is 16.7. The van der Waals surface area contributed by atoms with E-state index in [2.05, 4.69) is 11.6 Å². The van der Waals surface area contributed by atoms with Gasteiger partial charge in [-0.25, -0.2) is 9.37 Å². The Morgan fingerprint density at radius 1 is 1.17 bits per heavy atom. The Kier molecular flexibility index (Phi) is 7.84. The summed E-state index contributed by atoms with van der Waals surface area (Å²) in [6.45, 7) is 11.9. The summed E-state index contributed by atoms with van der Waals surface area (Å²) in [6.07, 6.45) is 2.97.